The zero-order chi connectivity index (χ0) is 19.6. The molecule has 0 bridgehead atoms. The maximum Gasteiger partial charge on any atom is 0.0912 e. The fraction of sp³-hybridized carbons (Fsp3) is 0.593. The van der Waals surface area contributed by atoms with Gasteiger partial charge in [-0.15, -0.1) is 0 Å². The molecule has 0 spiro atoms. The summed E-state index contributed by atoms with van der Waals surface area (Å²) in [6.45, 7) is 2.23. The molecule has 1 heteroatoms. The van der Waals surface area contributed by atoms with E-state index in [-0.39, 0.29) is 0 Å². The summed E-state index contributed by atoms with van der Waals surface area (Å²) in [5, 5.41) is 8.53. The third-order valence-electron chi connectivity index (χ3n) is 7.25. The van der Waals surface area contributed by atoms with Crippen LogP contribution < -0.4 is 0 Å². The van der Waals surface area contributed by atoms with Crippen molar-refractivity contribution in [3.8, 4) is 6.07 Å². The number of nitriles is 1. The van der Waals surface area contributed by atoms with Gasteiger partial charge in [0.15, 0.2) is 0 Å². The molecule has 0 N–H and O–H groups in total. The van der Waals surface area contributed by atoms with Crippen molar-refractivity contribution in [2.24, 2.45) is 17.8 Å². The average molecular weight is 376 g/mol. The first kappa shape index (κ1) is 20.9. The van der Waals surface area contributed by atoms with E-state index < -0.39 is 0 Å². The normalized spacial score (nSPS) is 28.6. The molecular formula is C27H37N. The third kappa shape index (κ3) is 6.37. The monoisotopic (exact) mass is 375 g/mol. The number of nitrogens with zero attached hydrogens (tertiary/aromatic N) is 1. The standard InChI is InChI=1S/C27H37N/c1-2-22-13-17-26(18-14-22)27-19-15-25(16-20-27)12-11-24-9-7-23(8-10-24)6-4-3-5-21-28/h3-6,13-14,17-18,23-25,27H,2,7-12,15-16,19-20H2,1H3/t23-,24-,25-,27-. The van der Waals surface area contributed by atoms with Gasteiger partial charge in [-0.1, -0.05) is 62.3 Å². The van der Waals surface area contributed by atoms with Gasteiger partial charge >= 0.3 is 0 Å². The quantitative estimate of drug-likeness (QED) is 0.353. The van der Waals surface area contributed by atoms with Crippen LogP contribution in [0.4, 0.5) is 0 Å². The summed E-state index contributed by atoms with van der Waals surface area (Å²) in [5.74, 6) is 3.46. The van der Waals surface area contributed by atoms with Crippen LogP contribution in [0.1, 0.15) is 88.2 Å². The zero-order valence-electron chi connectivity index (χ0n) is 17.7. The van der Waals surface area contributed by atoms with Gasteiger partial charge in [-0.3, -0.25) is 0 Å². The van der Waals surface area contributed by atoms with Gasteiger partial charge in [0, 0.05) is 6.08 Å². The molecule has 2 saturated carbocycles. The molecule has 3 rings (SSSR count). The molecule has 2 aliphatic carbocycles. The minimum Gasteiger partial charge on any atom is -0.193 e. The number of rotatable bonds is 7. The highest BCUT2D eigenvalue weighted by atomic mass is 14.3. The van der Waals surface area contributed by atoms with Gasteiger partial charge in [-0.2, -0.15) is 5.26 Å². The van der Waals surface area contributed by atoms with Crippen LogP contribution in [0.5, 0.6) is 0 Å². The second-order valence-corrected chi connectivity index (χ2v) is 9.04. The molecule has 0 unspecified atom stereocenters. The van der Waals surface area contributed by atoms with Crippen molar-refractivity contribution in [3.63, 3.8) is 0 Å². The van der Waals surface area contributed by atoms with Crippen molar-refractivity contribution in [1.82, 2.24) is 0 Å². The van der Waals surface area contributed by atoms with E-state index in [1.807, 2.05) is 12.1 Å². The first-order chi connectivity index (χ1) is 13.8. The second-order valence-electron chi connectivity index (χ2n) is 9.04. The fourth-order valence-corrected chi connectivity index (χ4v) is 5.27. The van der Waals surface area contributed by atoms with E-state index in [1.165, 1.54) is 69.8 Å². The van der Waals surface area contributed by atoms with Gasteiger partial charge in [-0.25, -0.2) is 0 Å². The lowest BCUT2D eigenvalue weighted by atomic mass is 9.74. The van der Waals surface area contributed by atoms with Crippen molar-refractivity contribution in [1.29, 1.82) is 5.26 Å². The van der Waals surface area contributed by atoms with E-state index in [9.17, 15) is 0 Å². The molecule has 0 amide bonds. The molecule has 0 aromatic heterocycles. The van der Waals surface area contributed by atoms with Crippen molar-refractivity contribution in [2.75, 3.05) is 0 Å². The molecule has 0 aliphatic heterocycles. The number of hydrogen-bond acceptors (Lipinski definition) is 1. The summed E-state index contributed by atoms with van der Waals surface area (Å²) in [4.78, 5) is 0. The molecule has 28 heavy (non-hydrogen) atoms. The van der Waals surface area contributed by atoms with E-state index in [2.05, 4.69) is 43.3 Å². The maximum absolute atomic E-state index is 8.53. The molecule has 150 valence electrons. The van der Waals surface area contributed by atoms with Crippen molar-refractivity contribution in [3.05, 3.63) is 59.7 Å². The average Bonchev–Trinajstić information content (AvgIpc) is 2.76. The first-order valence-corrected chi connectivity index (χ1v) is 11.6. The Kier molecular flexibility index (Phi) is 8.41. The minimum absolute atomic E-state index is 0.731. The van der Waals surface area contributed by atoms with Crippen LogP contribution in [0.2, 0.25) is 0 Å². The molecule has 0 saturated heterocycles. The molecule has 0 atom stereocenters. The summed E-state index contributed by atoms with van der Waals surface area (Å²) in [7, 11) is 0. The van der Waals surface area contributed by atoms with Crippen LogP contribution in [-0.2, 0) is 6.42 Å². The van der Waals surface area contributed by atoms with Crippen molar-refractivity contribution in [2.45, 2.75) is 83.5 Å². The van der Waals surface area contributed by atoms with Gasteiger partial charge in [0.25, 0.3) is 0 Å². The number of allylic oxidation sites excluding steroid dienone is 4. The molecule has 1 aromatic rings. The van der Waals surface area contributed by atoms with E-state index in [0.29, 0.717) is 0 Å². The highest BCUT2D eigenvalue weighted by Crippen LogP contribution is 2.40. The first-order valence-electron chi connectivity index (χ1n) is 11.6. The van der Waals surface area contributed by atoms with Crippen LogP contribution in [0.15, 0.2) is 48.6 Å². The third-order valence-corrected chi connectivity index (χ3v) is 7.25. The lowest BCUT2D eigenvalue weighted by Crippen LogP contribution is -2.17. The summed E-state index contributed by atoms with van der Waals surface area (Å²) in [6, 6.07) is 11.5. The Bertz CT molecular complexity index is 659. The topological polar surface area (TPSA) is 23.8 Å². The lowest BCUT2D eigenvalue weighted by Gasteiger charge is -2.31. The lowest BCUT2D eigenvalue weighted by molar-refractivity contribution is 0.246. The van der Waals surface area contributed by atoms with Crippen LogP contribution in [0.25, 0.3) is 0 Å². The minimum atomic E-state index is 0.731. The molecule has 2 aliphatic rings. The highest BCUT2D eigenvalue weighted by Gasteiger charge is 2.24. The fourth-order valence-electron chi connectivity index (χ4n) is 5.27. The van der Waals surface area contributed by atoms with Crippen LogP contribution in [0.3, 0.4) is 0 Å². The molecule has 2 fully saturated rings. The van der Waals surface area contributed by atoms with E-state index >= 15 is 0 Å². The van der Waals surface area contributed by atoms with Gasteiger partial charge in [0.1, 0.15) is 0 Å². The number of hydrogen-bond donors (Lipinski definition) is 0. The zero-order valence-corrected chi connectivity index (χ0v) is 17.7. The Morgan fingerprint density at radius 1 is 0.857 bits per heavy atom. The van der Waals surface area contributed by atoms with Crippen molar-refractivity contribution >= 4 is 0 Å². The highest BCUT2D eigenvalue weighted by molar-refractivity contribution is 5.25. The Labute approximate surface area is 172 Å². The summed E-state index contributed by atoms with van der Waals surface area (Å²) in [6.07, 6.45) is 22.9. The number of benzene rings is 1. The predicted octanol–water partition coefficient (Wildman–Crippen LogP) is 7.75. The van der Waals surface area contributed by atoms with E-state index in [4.69, 9.17) is 5.26 Å². The predicted molar refractivity (Wildman–Crippen MR) is 119 cm³/mol. The maximum atomic E-state index is 8.53. The number of aryl methyl sites for hydroxylation is 1. The van der Waals surface area contributed by atoms with Gasteiger partial charge in [0.05, 0.1) is 6.07 Å². The SMILES string of the molecule is CCc1ccc([C@H]2CC[C@H](CC[C@H]3CC[C@H](C=CC=CC#N)CC3)CC2)cc1. The van der Waals surface area contributed by atoms with Crippen LogP contribution >= 0.6 is 0 Å². The smallest absolute Gasteiger partial charge is 0.0912 e. The van der Waals surface area contributed by atoms with Gasteiger partial charge < -0.3 is 0 Å². The summed E-state index contributed by atoms with van der Waals surface area (Å²) < 4.78 is 0. The van der Waals surface area contributed by atoms with Gasteiger partial charge in [0.2, 0.25) is 0 Å². The molecule has 1 nitrogen and oxygen atoms in total. The Hall–Kier alpha value is -1.81. The van der Waals surface area contributed by atoms with Crippen LogP contribution in [0, 0.1) is 29.1 Å². The molecule has 1 aromatic carbocycles. The summed E-state index contributed by atoms with van der Waals surface area (Å²) in [5.41, 5.74) is 3.04. The largest absolute Gasteiger partial charge is 0.193 e. The molecule has 0 heterocycles. The van der Waals surface area contributed by atoms with Gasteiger partial charge in [-0.05, 0) is 92.6 Å². The molecule has 0 radical (unpaired) electrons. The Morgan fingerprint density at radius 2 is 1.46 bits per heavy atom. The Balaban J connectivity index is 1.33. The second kappa shape index (κ2) is 11.3. The van der Waals surface area contributed by atoms with Crippen molar-refractivity contribution < 1.29 is 0 Å². The van der Waals surface area contributed by atoms with E-state index in [1.54, 1.807) is 11.6 Å². The van der Waals surface area contributed by atoms with E-state index in [0.717, 1.165) is 30.1 Å². The van der Waals surface area contributed by atoms with Crippen LogP contribution in [-0.4, -0.2) is 0 Å². The molecular weight excluding hydrogens is 338 g/mol. The Morgan fingerprint density at radius 3 is 2.04 bits per heavy atom. The summed E-state index contributed by atoms with van der Waals surface area (Å²) >= 11 is 0.